The molecule has 0 aromatic carbocycles. The van der Waals surface area contributed by atoms with Crippen molar-refractivity contribution in [2.75, 3.05) is 22.9 Å². The number of aromatic nitrogens is 1. The average Bonchev–Trinajstić information content (AvgIpc) is 1.84. The molecule has 1 aromatic rings. The maximum absolute atomic E-state index is 5.37. The van der Waals surface area contributed by atoms with Crippen LogP contribution in [0, 0.1) is 0 Å². The standard InChI is InChI=1S/C5H9N5.4ClH/c6-2-1-3(7)5(9)10-4(2)8;;;;/h1H,6-7H2,(H4,8,9,10);4*1H. The van der Waals surface area contributed by atoms with Crippen LogP contribution >= 0.6 is 49.6 Å². The highest BCUT2D eigenvalue weighted by Crippen LogP contribution is 2.19. The molecule has 1 rings (SSSR count). The first-order chi connectivity index (χ1) is 4.61. The van der Waals surface area contributed by atoms with Crippen molar-refractivity contribution in [3.63, 3.8) is 0 Å². The summed E-state index contributed by atoms with van der Waals surface area (Å²) >= 11 is 0. The molecule has 0 amide bonds. The van der Waals surface area contributed by atoms with Crippen LogP contribution in [0.5, 0.6) is 0 Å². The number of rotatable bonds is 0. The van der Waals surface area contributed by atoms with Gasteiger partial charge in [0.2, 0.25) is 0 Å². The van der Waals surface area contributed by atoms with Gasteiger partial charge in [-0.1, -0.05) is 0 Å². The molecule has 0 saturated heterocycles. The lowest BCUT2D eigenvalue weighted by molar-refractivity contribution is 1.35. The predicted octanol–water partition coefficient (Wildman–Crippen LogP) is 1.10. The van der Waals surface area contributed by atoms with Gasteiger partial charge in [0.15, 0.2) is 0 Å². The summed E-state index contributed by atoms with van der Waals surface area (Å²) in [7, 11) is 0. The van der Waals surface area contributed by atoms with Gasteiger partial charge in [-0.25, -0.2) is 4.98 Å². The molecular formula is C5H13Cl4N5. The zero-order valence-corrected chi connectivity index (χ0v) is 10.2. The van der Waals surface area contributed by atoms with E-state index in [1.54, 1.807) is 0 Å². The molecule has 0 saturated carbocycles. The first kappa shape index (κ1) is 23.4. The fourth-order valence-corrected chi connectivity index (χ4v) is 0.574. The van der Waals surface area contributed by atoms with Crippen LogP contribution in [-0.2, 0) is 0 Å². The minimum atomic E-state index is 0. The largest absolute Gasteiger partial charge is 0.396 e. The van der Waals surface area contributed by atoms with Crippen molar-refractivity contribution in [3.8, 4) is 0 Å². The summed E-state index contributed by atoms with van der Waals surface area (Å²) in [4.78, 5) is 3.68. The van der Waals surface area contributed by atoms with Crippen LogP contribution in [-0.4, -0.2) is 4.98 Å². The molecule has 1 heterocycles. The first-order valence-electron chi connectivity index (χ1n) is 2.68. The van der Waals surface area contributed by atoms with E-state index in [-0.39, 0.29) is 61.3 Å². The summed E-state index contributed by atoms with van der Waals surface area (Å²) in [5, 5.41) is 0. The molecule has 0 fully saturated rings. The lowest BCUT2D eigenvalue weighted by Crippen LogP contribution is -2.04. The highest BCUT2D eigenvalue weighted by molar-refractivity contribution is 5.86. The summed E-state index contributed by atoms with van der Waals surface area (Å²) in [6.45, 7) is 0. The van der Waals surface area contributed by atoms with Gasteiger partial charge in [0.05, 0.1) is 11.4 Å². The number of pyridine rings is 1. The highest BCUT2D eigenvalue weighted by Gasteiger charge is 1.99. The van der Waals surface area contributed by atoms with Gasteiger partial charge in [0.25, 0.3) is 0 Å². The molecule has 5 nitrogen and oxygen atoms in total. The van der Waals surface area contributed by atoms with Crippen molar-refractivity contribution in [2.45, 2.75) is 0 Å². The maximum Gasteiger partial charge on any atom is 0.149 e. The Balaban J connectivity index is -0.000000125. The predicted molar refractivity (Wildman–Crippen MR) is 70.9 cm³/mol. The van der Waals surface area contributed by atoms with E-state index in [1.807, 2.05) is 0 Å². The highest BCUT2D eigenvalue weighted by atomic mass is 35.5. The number of anilines is 4. The van der Waals surface area contributed by atoms with Crippen LogP contribution in [0.15, 0.2) is 6.07 Å². The Morgan fingerprint density at radius 1 is 0.714 bits per heavy atom. The fourth-order valence-electron chi connectivity index (χ4n) is 0.574. The van der Waals surface area contributed by atoms with Gasteiger partial charge in [0.1, 0.15) is 11.6 Å². The molecule has 0 radical (unpaired) electrons. The Bertz CT molecular complexity index is 218. The molecule has 0 unspecified atom stereocenters. The number of nitrogens with two attached hydrogens (primary N) is 4. The molecule has 0 aliphatic heterocycles. The number of hydrogen-bond donors (Lipinski definition) is 4. The monoisotopic (exact) mass is 283 g/mol. The minimum absolute atomic E-state index is 0. The lowest BCUT2D eigenvalue weighted by Gasteiger charge is -2.02. The van der Waals surface area contributed by atoms with Crippen molar-refractivity contribution in [3.05, 3.63) is 6.07 Å². The molecule has 0 spiro atoms. The van der Waals surface area contributed by atoms with Crippen molar-refractivity contribution < 1.29 is 0 Å². The molecule has 9 heteroatoms. The number of hydrogen-bond acceptors (Lipinski definition) is 5. The normalized spacial score (nSPS) is 6.86. The Labute approximate surface area is 107 Å². The second-order valence-electron chi connectivity index (χ2n) is 1.94. The van der Waals surface area contributed by atoms with Crippen LogP contribution in [0.1, 0.15) is 0 Å². The smallest absolute Gasteiger partial charge is 0.149 e. The van der Waals surface area contributed by atoms with Gasteiger partial charge < -0.3 is 22.9 Å². The Kier molecular flexibility index (Phi) is 15.2. The summed E-state index contributed by atoms with van der Waals surface area (Å²) < 4.78 is 0. The average molecular weight is 285 g/mol. The third-order valence-electron chi connectivity index (χ3n) is 1.14. The van der Waals surface area contributed by atoms with Crippen molar-refractivity contribution in [1.82, 2.24) is 4.98 Å². The number of nitrogen functional groups attached to an aromatic ring is 4. The molecule has 86 valence electrons. The van der Waals surface area contributed by atoms with E-state index in [0.29, 0.717) is 11.4 Å². The van der Waals surface area contributed by atoms with E-state index in [0.717, 1.165) is 0 Å². The third-order valence-corrected chi connectivity index (χ3v) is 1.14. The summed E-state index contributed by atoms with van der Waals surface area (Å²) in [5.74, 6) is 0.429. The van der Waals surface area contributed by atoms with Gasteiger partial charge in [-0.2, -0.15) is 0 Å². The lowest BCUT2D eigenvalue weighted by atomic mass is 10.3. The molecule has 0 aliphatic rings. The molecule has 1 aromatic heterocycles. The topological polar surface area (TPSA) is 117 Å². The van der Waals surface area contributed by atoms with Crippen molar-refractivity contribution >= 4 is 72.6 Å². The second kappa shape index (κ2) is 9.08. The zero-order chi connectivity index (χ0) is 7.72. The second-order valence-corrected chi connectivity index (χ2v) is 1.94. The number of halogens is 4. The summed E-state index contributed by atoms with van der Waals surface area (Å²) in [6.07, 6.45) is 0. The van der Waals surface area contributed by atoms with Gasteiger partial charge in [0, 0.05) is 0 Å². The van der Waals surface area contributed by atoms with E-state index in [1.165, 1.54) is 6.07 Å². The molecule has 0 atom stereocenters. The van der Waals surface area contributed by atoms with E-state index in [2.05, 4.69) is 4.98 Å². The van der Waals surface area contributed by atoms with Gasteiger partial charge in [-0.15, -0.1) is 49.6 Å². The van der Waals surface area contributed by atoms with Crippen LogP contribution in [0.3, 0.4) is 0 Å². The Morgan fingerprint density at radius 3 is 1.21 bits per heavy atom. The van der Waals surface area contributed by atoms with Crippen LogP contribution in [0.25, 0.3) is 0 Å². The quantitative estimate of drug-likeness (QED) is 0.569. The summed E-state index contributed by atoms with van der Waals surface area (Å²) in [6, 6.07) is 1.48. The van der Waals surface area contributed by atoms with Gasteiger partial charge >= 0.3 is 0 Å². The Hall–Kier alpha value is -0.490. The SMILES string of the molecule is Cl.Cl.Cl.Cl.Nc1cc(N)c(N)nc1N. The molecule has 8 N–H and O–H groups in total. The van der Waals surface area contributed by atoms with Crippen molar-refractivity contribution in [2.24, 2.45) is 0 Å². The van der Waals surface area contributed by atoms with Crippen LogP contribution < -0.4 is 22.9 Å². The third kappa shape index (κ3) is 5.29. The zero-order valence-electron chi connectivity index (χ0n) is 6.97. The maximum atomic E-state index is 5.37. The van der Waals surface area contributed by atoms with Crippen molar-refractivity contribution in [1.29, 1.82) is 0 Å². The number of nitrogens with zero attached hydrogens (tertiary/aromatic N) is 1. The van der Waals surface area contributed by atoms with Crippen LogP contribution in [0.2, 0.25) is 0 Å². The summed E-state index contributed by atoms with van der Waals surface area (Å²) in [5.41, 5.74) is 22.1. The molecule has 0 bridgehead atoms. The van der Waals surface area contributed by atoms with Crippen LogP contribution in [0.4, 0.5) is 23.0 Å². The molecule has 0 aliphatic carbocycles. The Morgan fingerprint density at radius 2 is 1.00 bits per heavy atom. The van der Waals surface area contributed by atoms with Gasteiger partial charge in [-0.05, 0) is 6.07 Å². The van der Waals surface area contributed by atoms with E-state index >= 15 is 0 Å². The van der Waals surface area contributed by atoms with Gasteiger partial charge in [-0.3, -0.25) is 0 Å². The first-order valence-corrected chi connectivity index (χ1v) is 2.68. The van der Waals surface area contributed by atoms with E-state index in [9.17, 15) is 0 Å². The van der Waals surface area contributed by atoms with E-state index < -0.39 is 0 Å². The molecule has 14 heavy (non-hydrogen) atoms. The fraction of sp³-hybridized carbons (Fsp3) is 0. The molecular weight excluding hydrogens is 272 g/mol. The van der Waals surface area contributed by atoms with E-state index in [4.69, 9.17) is 22.9 Å². The minimum Gasteiger partial charge on any atom is -0.396 e.